The van der Waals surface area contributed by atoms with Gasteiger partial charge in [-0.1, -0.05) is 96.6 Å². The van der Waals surface area contributed by atoms with Gasteiger partial charge in [-0.05, 0) is 43.6 Å². The van der Waals surface area contributed by atoms with E-state index in [0.717, 1.165) is 36.8 Å². The van der Waals surface area contributed by atoms with Crippen LogP contribution in [0, 0.1) is 24.7 Å². The zero-order valence-corrected chi connectivity index (χ0v) is 31.8. The summed E-state index contributed by atoms with van der Waals surface area (Å²) in [7, 11) is 1.64. The number of ether oxygens (including phenoxy) is 1. The first-order valence-corrected chi connectivity index (χ1v) is 18.7. The van der Waals surface area contributed by atoms with Gasteiger partial charge in [-0.25, -0.2) is 0 Å². The van der Waals surface area contributed by atoms with Gasteiger partial charge in [-0.3, -0.25) is 24.0 Å². The highest BCUT2D eigenvalue weighted by molar-refractivity contribution is 5.96. The van der Waals surface area contributed by atoms with E-state index < -0.39 is 66.4 Å². The number of carbonyl (C=O) groups excluding carboxylic acids is 5. The number of aliphatic hydroxyl groups excluding tert-OH is 1. The molecule has 5 amide bonds. The topological polar surface area (TPSA) is 192 Å². The van der Waals surface area contributed by atoms with E-state index in [-0.39, 0.29) is 37.4 Å². The molecule has 0 aromatic heterocycles. The molecule has 7 atom stereocenters. The van der Waals surface area contributed by atoms with E-state index in [1.807, 2.05) is 58.9 Å². The normalized spacial score (nSPS) is 25.6. The Balaban J connectivity index is 2.65. The van der Waals surface area contributed by atoms with Crippen LogP contribution < -0.4 is 27.0 Å². The van der Waals surface area contributed by atoms with Crippen molar-refractivity contribution in [3.8, 4) is 0 Å². The molecule has 1 aliphatic rings. The smallest absolute Gasteiger partial charge is 0.245 e. The van der Waals surface area contributed by atoms with Crippen molar-refractivity contribution in [2.75, 3.05) is 33.4 Å². The zero-order valence-electron chi connectivity index (χ0n) is 31.8. The molecule has 0 saturated carbocycles. The minimum atomic E-state index is -1.30. The van der Waals surface area contributed by atoms with Crippen molar-refractivity contribution in [2.24, 2.45) is 23.5 Å². The number of nitrogens with zero attached hydrogens (tertiary/aromatic N) is 1. The SMILES string of the molecule is CCCCCC[C@H]1OCCNC(=O)[C@H](CO)NC(=O)[C@H](CN)NC(=O)[C@H]([C@H](C)CC)NC(=O)[C@H](CC(C)C)N(C)C(=O)[C@@H]1Cc1ccc(C)cc1. The Labute approximate surface area is 304 Å². The lowest BCUT2D eigenvalue weighted by Gasteiger charge is -2.36. The van der Waals surface area contributed by atoms with E-state index in [1.54, 1.807) is 7.05 Å². The average Bonchev–Trinajstić information content (AvgIpc) is 3.11. The number of aliphatic hydroxyl groups is 1. The minimum Gasteiger partial charge on any atom is -0.394 e. The van der Waals surface area contributed by atoms with Crippen molar-refractivity contribution in [2.45, 2.75) is 123 Å². The van der Waals surface area contributed by atoms with Gasteiger partial charge in [0.25, 0.3) is 0 Å². The van der Waals surface area contributed by atoms with Crippen molar-refractivity contribution >= 4 is 29.5 Å². The summed E-state index contributed by atoms with van der Waals surface area (Å²) in [4.78, 5) is 70.2. The van der Waals surface area contributed by atoms with Gasteiger partial charge in [0.2, 0.25) is 29.5 Å². The monoisotopic (exact) mass is 716 g/mol. The third-order valence-corrected chi connectivity index (χ3v) is 9.71. The van der Waals surface area contributed by atoms with Crippen LogP contribution in [0.25, 0.3) is 0 Å². The maximum Gasteiger partial charge on any atom is 0.245 e. The predicted molar refractivity (Wildman–Crippen MR) is 197 cm³/mol. The fourth-order valence-corrected chi connectivity index (χ4v) is 6.25. The summed E-state index contributed by atoms with van der Waals surface area (Å²) in [5, 5.41) is 20.7. The number of carbonyl (C=O) groups is 5. The summed E-state index contributed by atoms with van der Waals surface area (Å²) in [5.41, 5.74) is 7.91. The van der Waals surface area contributed by atoms with Crippen LogP contribution in [0.1, 0.15) is 90.7 Å². The molecule has 1 aromatic carbocycles. The van der Waals surface area contributed by atoms with Gasteiger partial charge in [-0.2, -0.15) is 0 Å². The number of hydrogen-bond donors (Lipinski definition) is 6. The zero-order chi connectivity index (χ0) is 38.1. The first-order chi connectivity index (χ1) is 24.3. The summed E-state index contributed by atoms with van der Waals surface area (Å²) in [5.74, 6) is -3.68. The molecule has 1 aromatic rings. The van der Waals surface area contributed by atoms with Crippen LogP contribution in [0.5, 0.6) is 0 Å². The van der Waals surface area contributed by atoms with Crippen LogP contribution in [0.15, 0.2) is 24.3 Å². The largest absolute Gasteiger partial charge is 0.394 e. The molecule has 1 heterocycles. The lowest BCUT2D eigenvalue weighted by molar-refractivity contribution is -0.148. The highest BCUT2D eigenvalue weighted by Gasteiger charge is 2.39. The Bertz CT molecular complexity index is 1260. The van der Waals surface area contributed by atoms with Gasteiger partial charge in [-0.15, -0.1) is 0 Å². The molecule has 13 heteroatoms. The molecule has 1 saturated heterocycles. The molecule has 0 unspecified atom stereocenters. The number of nitrogens with two attached hydrogens (primary N) is 1. The highest BCUT2D eigenvalue weighted by Crippen LogP contribution is 2.25. The molecule has 0 aliphatic carbocycles. The molecule has 288 valence electrons. The number of rotatable bonds is 13. The Morgan fingerprint density at radius 1 is 0.902 bits per heavy atom. The van der Waals surface area contributed by atoms with E-state index >= 15 is 0 Å². The Morgan fingerprint density at radius 2 is 1.57 bits per heavy atom. The minimum absolute atomic E-state index is 0.0403. The maximum absolute atomic E-state index is 14.7. The Hall–Kier alpha value is -3.55. The number of unbranched alkanes of at least 4 members (excludes halogenated alkanes) is 3. The van der Waals surface area contributed by atoms with Gasteiger partial charge in [0.1, 0.15) is 24.2 Å². The van der Waals surface area contributed by atoms with Crippen LogP contribution in [0.4, 0.5) is 0 Å². The molecule has 51 heavy (non-hydrogen) atoms. The van der Waals surface area contributed by atoms with E-state index in [1.165, 1.54) is 4.90 Å². The molecule has 13 nitrogen and oxygen atoms in total. The summed E-state index contributed by atoms with van der Waals surface area (Å²) < 4.78 is 6.42. The highest BCUT2D eigenvalue weighted by atomic mass is 16.5. The van der Waals surface area contributed by atoms with Crippen LogP contribution in [0.2, 0.25) is 0 Å². The quantitative estimate of drug-likeness (QED) is 0.167. The maximum atomic E-state index is 14.7. The summed E-state index contributed by atoms with van der Waals surface area (Å²) in [6.45, 7) is 10.9. The fourth-order valence-electron chi connectivity index (χ4n) is 6.25. The standard InChI is InChI=1S/C38H64N6O7/c1-8-10-11-12-13-32-28(21-27-16-14-25(5)15-17-27)38(50)44(7)31(20-24(3)4)36(48)43-33(26(6)9-2)37(49)41-29(22-39)35(47)42-30(23-45)34(46)40-18-19-51-32/h14-17,24,26,28-33,45H,8-13,18-23,39H2,1-7H3,(H,40,46)(H,41,49)(H,42,47)(H,43,48)/t26-,28-,29+,30+,31+,32-,33+/m1/s1. The Morgan fingerprint density at radius 3 is 2.16 bits per heavy atom. The number of aryl methyl sites for hydroxylation is 1. The van der Waals surface area contributed by atoms with Gasteiger partial charge in [0.05, 0.1) is 25.2 Å². The van der Waals surface area contributed by atoms with Crippen LogP contribution in [-0.2, 0) is 35.1 Å². The number of nitrogens with one attached hydrogen (secondary N) is 4. The van der Waals surface area contributed by atoms with Crippen molar-refractivity contribution in [3.63, 3.8) is 0 Å². The molecule has 0 spiro atoms. The van der Waals surface area contributed by atoms with Crippen molar-refractivity contribution in [1.82, 2.24) is 26.2 Å². The van der Waals surface area contributed by atoms with Crippen LogP contribution in [-0.4, -0.2) is 103 Å². The third kappa shape index (κ3) is 13.8. The molecule has 2 rings (SSSR count). The first kappa shape index (κ1) is 43.6. The number of likely N-dealkylation sites (N-methyl/N-ethyl adjacent to an activating group) is 1. The van der Waals surface area contributed by atoms with Gasteiger partial charge in [0.15, 0.2) is 0 Å². The average molecular weight is 717 g/mol. The van der Waals surface area contributed by atoms with Gasteiger partial charge in [0, 0.05) is 20.1 Å². The molecular weight excluding hydrogens is 652 g/mol. The molecule has 1 fully saturated rings. The second kappa shape index (κ2) is 22.4. The second-order valence-corrected chi connectivity index (χ2v) is 14.4. The van der Waals surface area contributed by atoms with Crippen molar-refractivity contribution in [1.29, 1.82) is 0 Å². The number of benzene rings is 1. The lowest BCUT2D eigenvalue weighted by atomic mass is 9.88. The van der Waals surface area contributed by atoms with E-state index in [2.05, 4.69) is 28.2 Å². The van der Waals surface area contributed by atoms with Crippen LogP contribution >= 0.6 is 0 Å². The summed E-state index contributed by atoms with van der Waals surface area (Å²) in [6.07, 6.45) is 5.20. The third-order valence-electron chi connectivity index (χ3n) is 9.71. The Kier molecular flexibility index (Phi) is 19.2. The first-order valence-electron chi connectivity index (χ1n) is 18.7. The van der Waals surface area contributed by atoms with Crippen LogP contribution in [0.3, 0.4) is 0 Å². The molecule has 1 aliphatic heterocycles. The second-order valence-electron chi connectivity index (χ2n) is 14.4. The predicted octanol–water partition coefficient (Wildman–Crippen LogP) is 1.96. The van der Waals surface area contributed by atoms with E-state index in [4.69, 9.17) is 10.5 Å². The van der Waals surface area contributed by atoms with E-state index in [0.29, 0.717) is 25.7 Å². The summed E-state index contributed by atoms with van der Waals surface area (Å²) >= 11 is 0. The summed E-state index contributed by atoms with van der Waals surface area (Å²) in [6, 6.07) is 3.52. The lowest BCUT2D eigenvalue weighted by Crippen LogP contribution is -2.61. The number of amides is 5. The molecule has 7 N–H and O–H groups in total. The molecular formula is C38H64N6O7. The van der Waals surface area contributed by atoms with Gasteiger partial charge < -0.3 is 41.7 Å². The molecule has 0 bridgehead atoms. The van der Waals surface area contributed by atoms with E-state index in [9.17, 15) is 29.1 Å². The van der Waals surface area contributed by atoms with Crippen molar-refractivity contribution in [3.05, 3.63) is 35.4 Å². The van der Waals surface area contributed by atoms with Crippen molar-refractivity contribution < 1.29 is 33.8 Å². The number of hydrogen-bond acceptors (Lipinski definition) is 8. The van der Waals surface area contributed by atoms with Gasteiger partial charge >= 0.3 is 0 Å². The fraction of sp³-hybridized carbons (Fsp3) is 0.711. The molecule has 0 radical (unpaired) electrons.